The minimum atomic E-state index is -1.14. The number of hydrogen-bond acceptors (Lipinski definition) is 5. The van der Waals surface area contributed by atoms with Crippen LogP contribution in [-0.2, 0) is 14.3 Å². The van der Waals surface area contributed by atoms with Gasteiger partial charge in [-0.15, -0.1) is 0 Å². The Morgan fingerprint density at radius 2 is 2.00 bits per heavy atom. The summed E-state index contributed by atoms with van der Waals surface area (Å²) in [5, 5.41) is 2.46. The van der Waals surface area contributed by atoms with Crippen molar-refractivity contribution in [2.24, 2.45) is 0 Å². The first kappa shape index (κ1) is 21.5. The van der Waals surface area contributed by atoms with Crippen molar-refractivity contribution in [3.05, 3.63) is 35.7 Å². The molecular weight excluding hydrogens is 341 g/mol. The lowest BCUT2D eigenvalue weighted by atomic mass is 10.1. The van der Waals surface area contributed by atoms with Gasteiger partial charge >= 0.3 is 12.1 Å². The maximum atomic E-state index is 13.7. The number of halogens is 1. The van der Waals surface area contributed by atoms with Crippen LogP contribution >= 0.6 is 0 Å². The van der Waals surface area contributed by atoms with Crippen molar-refractivity contribution in [2.75, 3.05) is 12.4 Å². The van der Waals surface area contributed by atoms with Gasteiger partial charge in [-0.1, -0.05) is 19.4 Å². The Hall–Kier alpha value is -2.57. The van der Waals surface area contributed by atoms with Gasteiger partial charge in [0.15, 0.2) is 11.6 Å². The molecule has 0 aliphatic carbocycles. The number of unbranched alkanes of at least 4 members (excludes halogenated alkanes) is 1. The third kappa shape index (κ3) is 6.74. The van der Waals surface area contributed by atoms with Crippen LogP contribution in [0.2, 0.25) is 0 Å². The maximum Gasteiger partial charge on any atom is 0.412 e. The molecule has 0 saturated carbocycles. The average Bonchev–Trinajstić information content (AvgIpc) is 2.59. The molecule has 0 aliphatic rings. The molecule has 1 aromatic carbocycles. The van der Waals surface area contributed by atoms with Crippen molar-refractivity contribution in [1.29, 1.82) is 0 Å². The lowest BCUT2D eigenvalue weighted by Gasteiger charge is -2.17. The van der Waals surface area contributed by atoms with Gasteiger partial charge in [0.25, 0.3) is 0 Å². The average molecular weight is 367 g/mol. The zero-order valence-corrected chi connectivity index (χ0v) is 15.8. The van der Waals surface area contributed by atoms with Gasteiger partial charge < -0.3 is 14.2 Å². The smallest absolute Gasteiger partial charge is 0.412 e. The predicted molar refractivity (Wildman–Crippen MR) is 96.7 cm³/mol. The van der Waals surface area contributed by atoms with Gasteiger partial charge in [0.1, 0.15) is 0 Å². The second-order valence-electron chi connectivity index (χ2n) is 5.98. The first-order valence-corrected chi connectivity index (χ1v) is 8.46. The molecule has 0 spiro atoms. The molecule has 0 saturated heterocycles. The standard InChI is InChI=1S/C19H26FNO5/c1-6-7-8-13(4)17(18(22)24-5)26-19(23)21-14-9-10-15(20)16(11-14)25-12(2)3/h8-12,17H,6-7H2,1-5H3,(H,21,23). The number of rotatable bonds is 8. The molecule has 1 unspecified atom stereocenters. The van der Waals surface area contributed by atoms with E-state index in [0.29, 0.717) is 5.57 Å². The third-order valence-corrected chi connectivity index (χ3v) is 3.35. The van der Waals surface area contributed by atoms with Gasteiger partial charge in [-0.2, -0.15) is 0 Å². The molecule has 0 bridgehead atoms. The van der Waals surface area contributed by atoms with Crippen LogP contribution in [0.5, 0.6) is 5.75 Å². The molecule has 0 heterocycles. The molecule has 1 atom stereocenters. The highest BCUT2D eigenvalue weighted by molar-refractivity contribution is 5.88. The highest BCUT2D eigenvalue weighted by Crippen LogP contribution is 2.23. The lowest BCUT2D eigenvalue weighted by Crippen LogP contribution is -2.31. The Balaban J connectivity index is 2.86. The third-order valence-electron chi connectivity index (χ3n) is 3.35. The van der Waals surface area contributed by atoms with Gasteiger partial charge in [0.2, 0.25) is 6.10 Å². The quantitative estimate of drug-likeness (QED) is 0.543. The highest BCUT2D eigenvalue weighted by Gasteiger charge is 2.25. The molecule has 0 radical (unpaired) electrons. The first-order valence-electron chi connectivity index (χ1n) is 8.46. The van der Waals surface area contributed by atoms with E-state index in [2.05, 4.69) is 10.1 Å². The van der Waals surface area contributed by atoms with E-state index in [0.717, 1.165) is 12.8 Å². The lowest BCUT2D eigenvalue weighted by molar-refractivity contribution is -0.148. The minimum Gasteiger partial charge on any atom is -0.488 e. The number of carbonyl (C=O) groups is 2. The van der Waals surface area contributed by atoms with Crippen molar-refractivity contribution in [2.45, 2.75) is 52.7 Å². The molecule has 1 aromatic rings. The summed E-state index contributed by atoms with van der Waals surface area (Å²) >= 11 is 0. The summed E-state index contributed by atoms with van der Waals surface area (Å²) in [6.07, 6.45) is 1.25. The molecule has 1 rings (SSSR count). The Morgan fingerprint density at radius 1 is 1.31 bits per heavy atom. The zero-order chi connectivity index (χ0) is 19.7. The number of carbonyl (C=O) groups excluding carboxylic acids is 2. The molecule has 1 N–H and O–H groups in total. The Morgan fingerprint density at radius 3 is 2.58 bits per heavy atom. The number of allylic oxidation sites excluding steroid dienone is 1. The summed E-state index contributed by atoms with van der Waals surface area (Å²) in [5.41, 5.74) is 0.864. The largest absolute Gasteiger partial charge is 0.488 e. The van der Waals surface area contributed by atoms with Crippen LogP contribution in [0.4, 0.5) is 14.9 Å². The number of ether oxygens (including phenoxy) is 3. The van der Waals surface area contributed by atoms with Crippen molar-refractivity contribution >= 4 is 17.7 Å². The van der Waals surface area contributed by atoms with E-state index in [9.17, 15) is 14.0 Å². The zero-order valence-electron chi connectivity index (χ0n) is 15.8. The van der Waals surface area contributed by atoms with Crippen LogP contribution in [0.1, 0.15) is 40.5 Å². The number of amides is 1. The Kier molecular flexibility index (Phi) is 8.61. The number of anilines is 1. The SMILES string of the molecule is CCCC=C(C)C(OC(=O)Nc1ccc(F)c(OC(C)C)c1)C(=O)OC. The maximum absolute atomic E-state index is 13.7. The van der Waals surface area contributed by atoms with Gasteiger partial charge in [-0.25, -0.2) is 14.0 Å². The highest BCUT2D eigenvalue weighted by atomic mass is 19.1. The molecule has 1 amide bonds. The second kappa shape index (κ2) is 10.4. The van der Waals surface area contributed by atoms with Crippen LogP contribution in [0.3, 0.4) is 0 Å². The summed E-state index contributed by atoms with van der Waals surface area (Å²) < 4.78 is 28.9. The number of benzene rings is 1. The van der Waals surface area contributed by atoms with Crippen molar-refractivity contribution < 1.29 is 28.2 Å². The summed E-state index contributed by atoms with van der Waals surface area (Å²) in [5.74, 6) is -1.20. The summed E-state index contributed by atoms with van der Waals surface area (Å²) in [6, 6.07) is 3.90. The second-order valence-corrected chi connectivity index (χ2v) is 5.98. The van der Waals surface area contributed by atoms with E-state index < -0.39 is 24.0 Å². The van der Waals surface area contributed by atoms with Crippen LogP contribution in [0.15, 0.2) is 29.8 Å². The molecule has 6 nitrogen and oxygen atoms in total. The van der Waals surface area contributed by atoms with E-state index in [1.54, 1.807) is 20.8 Å². The van der Waals surface area contributed by atoms with E-state index >= 15 is 0 Å². The number of methoxy groups -OCH3 is 1. The van der Waals surface area contributed by atoms with Gasteiger partial charge in [0.05, 0.1) is 13.2 Å². The molecule has 0 aliphatic heterocycles. The monoisotopic (exact) mass is 367 g/mol. The van der Waals surface area contributed by atoms with Gasteiger partial charge in [-0.05, 0) is 44.9 Å². The molecule has 0 aromatic heterocycles. The molecular formula is C19H26FNO5. The van der Waals surface area contributed by atoms with E-state index in [1.165, 1.54) is 25.3 Å². The number of hydrogen-bond donors (Lipinski definition) is 1. The fourth-order valence-electron chi connectivity index (χ4n) is 2.09. The Labute approximate surface area is 153 Å². The van der Waals surface area contributed by atoms with Crippen LogP contribution in [0, 0.1) is 5.82 Å². The molecule has 26 heavy (non-hydrogen) atoms. The van der Waals surface area contributed by atoms with Crippen molar-refractivity contribution in [3.63, 3.8) is 0 Å². The van der Waals surface area contributed by atoms with Crippen LogP contribution in [0.25, 0.3) is 0 Å². The van der Waals surface area contributed by atoms with E-state index in [1.807, 2.05) is 13.0 Å². The molecule has 0 fully saturated rings. The van der Waals surface area contributed by atoms with Crippen molar-refractivity contribution in [3.8, 4) is 5.75 Å². The normalized spacial score (nSPS) is 12.5. The minimum absolute atomic E-state index is 0.0151. The van der Waals surface area contributed by atoms with Crippen LogP contribution < -0.4 is 10.1 Å². The van der Waals surface area contributed by atoms with Gasteiger partial charge in [0, 0.05) is 11.8 Å². The fourth-order valence-corrected chi connectivity index (χ4v) is 2.09. The topological polar surface area (TPSA) is 73.9 Å². The fraction of sp³-hybridized carbons (Fsp3) is 0.474. The number of nitrogens with one attached hydrogen (secondary N) is 1. The predicted octanol–water partition coefficient (Wildman–Crippen LogP) is 4.45. The molecule has 144 valence electrons. The Bertz CT molecular complexity index is 657. The van der Waals surface area contributed by atoms with Crippen molar-refractivity contribution in [1.82, 2.24) is 0 Å². The number of esters is 1. The van der Waals surface area contributed by atoms with E-state index in [-0.39, 0.29) is 17.5 Å². The molecule has 7 heteroatoms. The summed E-state index contributed by atoms with van der Waals surface area (Å²) in [4.78, 5) is 24.0. The first-order chi connectivity index (χ1) is 12.3. The van der Waals surface area contributed by atoms with Crippen LogP contribution in [-0.4, -0.2) is 31.4 Å². The van der Waals surface area contributed by atoms with E-state index in [4.69, 9.17) is 9.47 Å². The summed E-state index contributed by atoms with van der Waals surface area (Å²) in [7, 11) is 1.22. The van der Waals surface area contributed by atoms with Gasteiger partial charge in [-0.3, -0.25) is 5.32 Å². The summed E-state index contributed by atoms with van der Waals surface area (Å²) in [6.45, 7) is 7.22.